The van der Waals surface area contributed by atoms with Gasteiger partial charge in [-0.1, -0.05) is 30.7 Å². The predicted octanol–water partition coefficient (Wildman–Crippen LogP) is 5.06. The van der Waals surface area contributed by atoms with Crippen LogP contribution < -0.4 is 4.72 Å². The van der Waals surface area contributed by atoms with Crippen LogP contribution in [-0.2, 0) is 16.5 Å². The highest BCUT2D eigenvalue weighted by Gasteiger charge is 2.46. The highest BCUT2D eigenvalue weighted by Crippen LogP contribution is 2.43. The zero-order valence-electron chi connectivity index (χ0n) is 16.3. The van der Waals surface area contributed by atoms with Crippen LogP contribution in [0, 0.1) is 5.82 Å². The largest absolute Gasteiger partial charge is 0.388 e. The van der Waals surface area contributed by atoms with E-state index in [4.69, 9.17) is 11.6 Å². The van der Waals surface area contributed by atoms with Crippen molar-refractivity contribution in [2.24, 2.45) is 0 Å². The summed E-state index contributed by atoms with van der Waals surface area (Å²) < 4.78 is 30.8. The van der Waals surface area contributed by atoms with Gasteiger partial charge in [0.15, 0.2) is 0 Å². The number of aromatic nitrogens is 1. The molecule has 3 aromatic rings. The first kappa shape index (κ1) is 20.8. The number of nitrogens with zero attached hydrogens (tertiary/aromatic N) is 1. The molecule has 0 aliphatic heterocycles. The summed E-state index contributed by atoms with van der Waals surface area (Å²) >= 11 is 6.07. The van der Waals surface area contributed by atoms with Crippen LogP contribution >= 0.6 is 11.6 Å². The summed E-state index contributed by atoms with van der Waals surface area (Å²) in [5.74, 6) is -0.447. The Morgan fingerprint density at radius 3 is 2.39 bits per heavy atom. The molecule has 1 aromatic heterocycles. The van der Waals surface area contributed by atoms with Gasteiger partial charge >= 0.3 is 0 Å². The lowest BCUT2D eigenvalue weighted by Gasteiger charge is -2.45. The van der Waals surface area contributed by atoms with Crippen molar-refractivity contribution in [2.45, 2.75) is 38.3 Å². The summed E-state index contributed by atoms with van der Waals surface area (Å²) in [5, 5.41) is 12.6. The first-order chi connectivity index (χ1) is 13.1. The molecule has 0 aliphatic rings. The first-order valence-electron chi connectivity index (χ1n) is 8.99. The maximum absolute atomic E-state index is 14.4. The fourth-order valence-electron chi connectivity index (χ4n) is 4.10. The number of halogens is 2. The number of nitrogens with one attached hydrogen (secondary N) is 1. The lowest BCUT2D eigenvalue weighted by Crippen LogP contribution is -2.52. The second-order valence-corrected chi connectivity index (χ2v) is 8.96. The topological polar surface area (TPSA) is 54.3 Å². The highest BCUT2D eigenvalue weighted by molar-refractivity contribution is 7.85. The van der Waals surface area contributed by atoms with Crippen LogP contribution in [0.1, 0.15) is 32.8 Å². The Morgan fingerprint density at radius 2 is 1.86 bits per heavy atom. The standard InChI is InChI=1S/C21H24ClFN2O2S/c1-5-21(20(2,3)26,14-6-8-15(22)9-7-14)25-11-10-17-18(24-28(4)27)12-16(23)13-19(17)25/h6-13,24,26H,5H2,1-4H3. The quantitative estimate of drug-likeness (QED) is 0.583. The Bertz CT molecular complexity index is 1030. The third-order valence-electron chi connectivity index (χ3n) is 5.28. The predicted molar refractivity (Wildman–Crippen MR) is 115 cm³/mol. The van der Waals surface area contributed by atoms with Crippen LogP contribution in [0.5, 0.6) is 0 Å². The molecule has 0 bridgehead atoms. The van der Waals surface area contributed by atoms with E-state index in [0.717, 1.165) is 10.9 Å². The van der Waals surface area contributed by atoms with Gasteiger partial charge in [0.1, 0.15) is 16.8 Å². The van der Waals surface area contributed by atoms with Gasteiger partial charge in [-0.2, -0.15) is 0 Å². The van der Waals surface area contributed by atoms with Crippen LogP contribution in [-0.4, -0.2) is 25.7 Å². The minimum Gasteiger partial charge on any atom is -0.388 e. The third kappa shape index (κ3) is 3.45. The molecule has 0 amide bonds. The van der Waals surface area contributed by atoms with Crippen molar-refractivity contribution in [2.75, 3.05) is 11.0 Å². The fraction of sp³-hybridized carbons (Fsp3) is 0.333. The van der Waals surface area contributed by atoms with E-state index in [1.807, 2.05) is 35.9 Å². The van der Waals surface area contributed by atoms with Crippen molar-refractivity contribution >= 4 is 39.2 Å². The molecule has 0 saturated heterocycles. The molecule has 2 N–H and O–H groups in total. The molecular formula is C21H24ClFN2O2S. The maximum Gasteiger partial charge on any atom is 0.127 e. The normalized spacial score (nSPS) is 15.4. The Kier molecular flexibility index (Phi) is 5.58. The molecule has 0 spiro atoms. The number of hydrogen-bond acceptors (Lipinski definition) is 2. The zero-order chi connectivity index (χ0) is 20.7. The van der Waals surface area contributed by atoms with Gasteiger partial charge in [-0.3, -0.25) is 0 Å². The molecule has 2 unspecified atom stereocenters. The van der Waals surface area contributed by atoms with E-state index < -0.39 is 27.9 Å². The molecule has 28 heavy (non-hydrogen) atoms. The second kappa shape index (κ2) is 7.50. The Hall–Kier alpha value is -1.89. The van der Waals surface area contributed by atoms with Gasteiger partial charge in [-0.15, -0.1) is 0 Å². The van der Waals surface area contributed by atoms with Crippen LogP contribution in [0.4, 0.5) is 10.1 Å². The fourth-order valence-corrected chi connectivity index (χ4v) is 4.70. The van der Waals surface area contributed by atoms with E-state index in [0.29, 0.717) is 22.6 Å². The molecule has 0 fully saturated rings. The number of aliphatic hydroxyl groups is 1. The first-order valence-corrected chi connectivity index (χ1v) is 10.9. The number of benzene rings is 2. The molecule has 2 atom stereocenters. The molecule has 0 aliphatic carbocycles. The minimum atomic E-state index is -1.34. The Labute approximate surface area is 171 Å². The third-order valence-corrected chi connectivity index (χ3v) is 6.04. The van der Waals surface area contributed by atoms with E-state index in [2.05, 4.69) is 4.72 Å². The summed E-state index contributed by atoms with van der Waals surface area (Å²) in [5.41, 5.74) is -0.120. The summed E-state index contributed by atoms with van der Waals surface area (Å²) in [7, 11) is -1.34. The molecule has 1 heterocycles. The number of fused-ring (bicyclic) bond motifs is 1. The summed E-state index contributed by atoms with van der Waals surface area (Å²) in [4.78, 5) is 0. The molecule has 4 nitrogen and oxygen atoms in total. The number of rotatable bonds is 6. The Morgan fingerprint density at radius 1 is 1.21 bits per heavy atom. The smallest absolute Gasteiger partial charge is 0.127 e. The SMILES string of the molecule is CCC(c1ccc(Cl)cc1)(n1ccc2c(NS(C)=O)cc(F)cc21)C(C)(C)O. The van der Waals surface area contributed by atoms with Crippen molar-refractivity contribution in [3.63, 3.8) is 0 Å². The summed E-state index contributed by atoms with van der Waals surface area (Å²) in [6.45, 7) is 5.48. The summed E-state index contributed by atoms with van der Waals surface area (Å²) in [6.07, 6.45) is 3.89. The zero-order valence-corrected chi connectivity index (χ0v) is 17.9. The van der Waals surface area contributed by atoms with Crippen molar-refractivity contribution in [1.29, 1.82) is 0 Å². The van der Waals surface area contributed by atoms with Crippen LogP contribution in [0.2, 0.25) is 5.02 Å². The van der Waals surface area contributed by atoms with E-state index in [-0.39, 0.29) is 0 Å². The van der Waals surface area contributed by atoms with Crippen molar-refractivity contribution in [3.05, 3.63) is 65.1 Å². The van der Waals surface area contributed by atoms with Gasteiger partial charge in [0.2, 0.25) is 0 Å². The molecule has 3 rings (SSSR count). The van der Waals surface area contributed by atoms with Crippen molar-refractivity contribution in [3.8, 4) is 0 Å². The van der Waals surface area contributed by atoms with E-state index in [9.17, 15) is 13.7 Å². The highest BCUT2D eigenvalue weighted by atomic mass is 35.5. The van der Waals surface area contributed by atoms with E-state index in [1.54, 1.807) is 26.0 Å². The molecule has 150 valence electrons. The van der Waals surface area contributed by atoms with E-state index >= 15 is 0 Å². The minimum absolute atomic E-state index is 0.447. The lowest BCUT2D eigenvalue weighted by molar-refractivity contribution is -0.0237. The van der Waals surface area contributed by atoms with E-state index in [1.165, 1.54) is 18.4 Å². The lowest BCUT2D eigenvalue weighted by atomic mass is 9.74. The number of hydrogen-bond donors (Lipinski definition) is 2. The second-order valence-electron chi connectivity index (χ2n) is 7.41. The van der Waals surface area contributed by atoms with Crippen molar-refractivity contribution < 1.29 is 13.7 Å². The van der Waals surface area contributed by atoms with Gasteiger partial charge in [0.25, 0.3) is 0 Å². The van der Waals surface area contributed by atoms with Gasteiger partial charge in [-0.25, -0.2) is 8.60 Å². The molecule has 0 saturated carbocycles. The van der Waals surface area contributed by atoms with Gasteiger partial charge < -0.3 is 14.4 Å². The molecule has 0 radical (unpaired) electrons. The molecule has 7 heteroatoms. The van der Waals surface area contributed by atoms with Crippen LogP contribution in [0.25, 0.3) is 10.9 Å². The Balaban J connectivity index is 2.36. The van der Waals surface area contributed by atoms with Crippen LogP contribution in [0.15, 0.2) is 48.7 Å². The average molecular weight is 423 g/mol. The molecular weight excluding hydrogens is 399 g/mol. The number of anilines is 1. The van der Waals surface area contributed by atoms with Crippen LogP contribution in [0.3, 0.4) is 0 Å². The monoisotopic (exact) mass is 422 g/mol. The molecule has 2 aromatic carbocycles. The summed E-state index contributed by atoms with van der Waals surface area (Å²) in [6, 6.07) is 11.9. The van der Waals surface area contributed by atoms with Gasteiger partial charge in [0.05, 0.1) is 22.3 Å². The maximum atomic E-state index is 14.4. The van der Waals surface area contributed by atoms with Gasteiger partial charge in [-0.05, 0) is 56.2 Å². The van der Waals surface area contributed by atoms with Gasteiger partial charge in [0, 0.05) is 22.9 Å². The average Bonchev–Trinajstić information content (AvgIpc) is 3.00. The van der Waals surface area contributed by atoms with Crippen molar-refractivity contribution in [1.82, 2.24) is 4.57 Å².